The van der Waals surface area contributed by atoms with Crippen molar-refractivity contribution in [3.8, 4) is 11.5 Å². The van der Waals surface area contributed by atoms with E-state index in [0.717, 1.165) is 37.0 Å². The number of benzene rings is 1. The smallest absolute Gasteiger partial charge is 0.119 e. The van der Waals surface area contributed by atoms with Gasteiger partial charge in [0.25, 0.3) is 0 Å². The van der Waals surface area contributed by atoms with Crippen molar-refractivity contribution >= 4 is 0 Å². The zero-order valence-corrected chi connectivity index (χ0v) is 12.0. The van der Waals surface area contributed by atoms with Gasteiger partial charge < -0.3 is 14.8 Å². The van der Waals surface area contributed by atoms with Crippen LogP contribution in [0.5, 0.6) is 11.5 Å². The van der Waals surface area contributed by atoms with E-state index in [-0.39, 0.29) is 0 Å². The van der Waals surface area contributed by atoms with Gasteiger partial charge in [-0.15, -0.1) is 0 Å². The molecule has 0 amide bonds. The number of ether oxygens (including phenoxy) is 2. The molecule has 0 heterocycles. The first kappa shape index (κ1) is 14.2. The van der Waals surface area contributed by atoms with Crippen molar-refractivity contribution in [2.45, 2.75) is 39.2 Å². The number of hydrogen-bond acceptors (Lipinski definition) is 3. The summed E-state index contributed by atoms with van der Waals surface area (Å²) in [5.74, 6) is 2.72. The van der Waals surface area contributed by atoms with Gasteiger partial charge in [-0.25, -0.2) is 0 Å². The molecule has 3 nitrogen and oxygen atoms in total. The van der Waals surface area contributed by atoms with E-state index in [0.29, 0.717) is 12.6 Å². The van der Waals surface area contributed by atoms with Crippen molar-refractivity contribution in [1.82, 2.24) is 5.32 Å². The summed E-state index contributed by atoms with van der Waals surface area (Å²) in [5.41, 5.74) is 0. The van der Waals surface area contributed by atoms with Crippen LogP contribution in [0.1, 0.15) is 33.1 Å². The van der Waals surface area contributed by atoms with Crippen molar-refractivity contribution in [1.29, 1.82) is 0 Å². The van der Waals surface area contributed by atoms with Gasteiger partial charge in [0.2, 0.25) is 0 Å². The lowest BCUT2D eigenvalue weighted by Crippen LogP contribution is -2.31. The van der Waals surface area contributed by atoms with Crippen molar-refractivity contribution in [3.05, 3.63) is 24.3 Å². The molecule has 1 aromatic rings. The first-order chi connectivity index (χ1) is 9.29. The Morgan fingerprint density at radius 1 is 1.11 bits per heavy atom. The second-order valence-corrected chi connectivity index (χ2v) is 5.25. The van der Waals surface area contributed by atoms with Crippen LogP contribution < -0.4 is 14.8 Å². The topological polar surface area (TPSA) is 30.5 Å². The average molecular weight is 263 g/mol. The van der Waals surface area contributed by atoms with Crippen LogP contribution in [0.2, 0.25) is 0 Å². The Hall–Kier alpha value is -1.22. The molecule has 106 valence electrons. The van der Waals surface area contributed by atoms with Gasteiger partial charge in [-0.3, -0.25) is 0 Å². The first-order valence-corrected chi connectivity index (χ1v) is 7.38. The summed E-state index contributed by atoms with van der Waals surface area (Å²) in [7, 11) is 0. The van der Waals surface area contributed by atoms with Crippen molar-refractivity contribution in [2.24, 2.45) is 5.92 Å². The highest BCUT2D eigenvalue weighted by molar-refractivity contribution is 5.31. The second kappa shape index (κ2) is 7.39. The molecular weight excluding hydrogens is 238 g/mol. The van der Waals surface area contributed by atoms with E-state index >= 15 is 0 Å². The Balaban J connectivity index is 1.62. The van der Waals surface area contributed by atoms with Crippen LogP contribution in [0.3, 0.4) is 0 Å². The predicted molar refractivity (Wildman–Crippen MR) is 77.9 cm³/mol. The van der Waals surface area contributed by atoms with E-state index in [9.17, 15) is 0 Å². The van der Waals surface area contributed by atoms with E-state index in [1.165, 1.54) is 12.8 Å². The van der Waals surface area contributed by atoms with Gasteiger partial charge in [0.1, 0.15) is 18.1 Å². The molecule has 1 aliphatic rings. The van der Waals surface area contributed by atoms with Gasteiger partial charge in [-0.1, -0.05) is 6.92 Å². The number of rotatable bonds is 9. The monoisotopic (exact) mass is 263 g/mol. The van der Waals surface area contributed by atoms with Gasteiger partial charge in [-0.2, -0.15) is 0 Å². The molecule has 0 radical (unpaired) electrons. The Morgan fingerprint density at radius 2 is 1.68 bits per heavy atom. The summed E-state index contributed by atoms with van der Waals surface area (Å²) in [5, 5.41) is 3.50. The third-order valence-electron chi connectivity index (χ3n) is 3.46. The van der Waals surface area contributed by atoms with Gasteiger partial charge in [0, 0.05) is 12.6 Å². The van der Waals surface area contributed by atoms with Gasteiger partial charge in [-0.05, 0) is 56.4 Å². The molecule has 0 aromatic heterocycles. The summed E-state index contributed by atoms with van der Waals surface area (Å²) in [4.78, 5) is 0. The molecule has 1 atom stereocenters. The molecule has 1 fully saturated rings. The van der Waals surface area contributed by atoms with Crippen LogP contribution >= 0.6 is 0 Å². The zero-order valence-electron chi connectivity index (χ0n) is 12.0. The molecule has 0 bridgehead atoms. The van der Waals surface area contributed by atoms with E-state index in [1.54, 1.807) is 0 Å². The summed E-state index contributed by atoms with van der Waals surface area (Å²) >= 11 is 0. The van der Waals surface area contributed by atoms with Crippen LogP contribution in [0, 0.1) is 5.92 Å². The minimum absolute atomic E-state index is 0.633. The van der Waals surface area contributed by atoms with Crippen molar-refractivity contribution < 1.29 is 9.47 Å². The van der Waals surface area contributed by atoms with Crippen LogP contribution in [0.4, 0.5) is 0 Å². The van der Waals surface area contributed by atoms with Crippen LogP contribution in [0.15, 0.2) is 24.3 Å². The Bertz CT molecular complexity index is 360. The molecule has 1 aliphatic carbocycles. The minimum Gasteiger partial charge on any atom is -0.494 e. The molecule has 0 spiro atoms. The molecule has 1 unspecified atom stereocenters. The highest BCUT2D eigenvalue weighted by Crippen LogP contribution is 2.32. The molecule has 0 aliphatic heterocycles. The molecule has 1 N–H and O–H groups in total. The maximum absolute atomic E-state index is 5.70. The molecule has 1 saturated carbocycles. The fourth-order valence-electron chi connectivity index (χ4n) is 2.07. The van der Waals surface area contributed by atoms with E-state index in [2.05, 4.69) is 19.2 Å². The maximum atomic E-state index is 5.70. The Morgan fingerprint density at radius 3 is 2.21 bits per heavy atom. The lowest BCUT2D eigenvalue weighted by atomic mass is 10.2. The molecule has 19 heavy (non-hydrogen) atoms. The average Bonchev–Trinajstić information content (AvgIpc) is 3.27. The normalized spacial score (nSPS) is 16.1. The quantitative estimate of drug-likeness (QED) is 0.694. The molecule has 3 heteroatoms. The lowest BCUT2D eigenvalue weighted by Gasteiger charge is -2.13. The second-order valence-electron chi connectivity index (χ2n) is 5.25. The van der Waals surface area contributed by atoms with Crippen LogP contribution in [-0.2, 0) is 0 Å². The Kier molecular flexibility index (Phi) is 5.52. The predicted octanol–water partition coefficient (Wildman–Crippen LogP) is 3.24. The maximum Gasteiger partial charge on any atom is 0.119 e. The standard InChI is InChI=1S/C16H25NO2/c1-3-11-18-15-6-8-16(9-7-15)19-12-10-17-13(2)14-4-5-14/h6-9,13-14,17H,3-5,10-12H2,1-2H3. The van der Waals surface area contributed by atoms with Crippen molar-refractivity contribution in [2.75, 3.05) is 19.8 Å². The van der Waals surface area contributed by atoms with Crippen LogP contribution in [0.25, 0.3) is 0 Å². The zero-order chi connectivity index (χ0) is 13.5. The summed E-state index contributed by atoms with van der Waals surface area (Å²) in [6.07, 6.45) is 3.80. The van der Waals surface area contributed by atoms with E-state index in [1.807, 2.05) is 24.3 Å². The van der Waals surface area contributed by atoms with Gasteiger partial charge in [0.15, 0.2) is 0 Å². The third-order valence-corrected chi connectivity index (χ3v) is 3.46. The van der Waals surface area contributed by atoms with E-state index in [4.69, 9.17) is 9.47 Å². The lowest BCUT2D eigenvalue weighted by molar-refractivity contribution is 0.299. The van der Waals surface area contributed by atoms with Crippen molar-refractivity contribution in [3.63, 3.8) is 0 Å². The van der Waals surface area contributed by atoms with Crippen LogP contribution in [-0.4, -0.2) is 25.8 Å². The van der Waals surface area contributed by atoms with Gasteiger partial charge >= 0.3 is 0 Å². The SMILES string of the molecule is CCCOc1ccc(OCCNC(C)C2CC2)cc1. The molecule has 2 rings (SSSR count). The Labute approximate surface area is 116 Å². The minimum atomic E-state index is 0.633. The third kappa shape index (κ3) is 5.11. The fraction of sp³-hybridized carbons (Fsp3) is 0.625. The summed E-state index contributed by atoms with van der Waals surface area (Å²) in [6.45, 7) is 6.76. The molecule has 0 saturated heterocycles. The molecular formula is C16H25NO2. The number of nitrogens with one attached hydrogen (secondary N) is 1. The molecule has 1 aromatic carbocycles. The fourth-order valence-corrected chi connectivity index (χ4v) is 2.07. The highest BCUT2D eigenvalue weighted by atomic mass is 16.5. The van der Waals surface area contributed by atoms with Gasteiger partial charge in [0.05, 0.1) is 6.61 Å². The highest BCUT2D eigenvalue weighted by Gasteiger charge is 2.27. The first-order valence-electron chi connectivity index (χ1n) is 7.38. The summed E-state index contributed by atoms with van der Waals surface area (Å²) in [6, 6.07) is 8.50. The largest absolute Gasteiger partial charge is 0.494 e. The number of hydrogen-bond donors (Lipinski definition) is 1. The van der Waals surface area contributed by atoms with E-state index < -0.39 is 0 Å². The summed E-state index contributed by atoms with van der Waals surface area (Å²) < 4.78 is 11.2.